The predicted molar refractivity (Wildman–Crippen MR) is 71.4 cm³/mol. The molecule has 0 aliphatic carbocycles. The van der Waals surface area contributed by atoms with Crippen molar-refractivity contribution >= 4 is 21.6 Å². The number of hydrogen-bond acceptors (Lipinski definition) is 2. The average molecular weight is 282 g/mol. The summed E-state index contributed by atoms with van der Waals surface area (Å²) in [5.74, 6) is 3.33. The van der Waals surface area contributed by atoms with Crippen LogP contribution in [0.3, 0.4) is 0 Å². The first kappa shape index (κ1) is 14.8. The van der Waals surface area contributed by atoms with Crippen LogP contribution in [0.5, 0.6) is 5.75 Å². The van der Waals surface area contributed by atoms with Crippen molar-refractivity contribution in [1.82, 2.24) is 0 Å². The summed E-state index contributed by atoms with van der Waals surface area (Å²) >= 11 is 1.82. The molecule has 0 aliphatic heterocycles. The van der Waals surface area contributed by atoms with Crippen LogP contribution in [0, 0.1) is 19.3 Å². The highest BCUT2D eigenvalue weighted by molar-refractivity contribution is 7.18. The Morgan fingerprint density at radius 1 is 1.44 bits per heavy atom. The van der Waals surface area contributed by atoms with Crippen LogP contribution in [-0.4, -0.2) is 6.61 Å². The summed E-state index contributed by atoms with van der Waals surface area (Å²) in [5.41, 5.74) is 1.24. The second-order valence-electron chi connectivity index (χ2n) is 3.90. The summed E-state index contributed by atoms with van der Waals surface area (Å²) in [7, 11) is 0. The standard InChI is InChI=1S/C14H16NOS.ClH/c1-4-8-15-11(3)17-14-7-6-12(10-13(14)15)16-9-5-2;/h2,6-7,10H,4,8-9H2,1,3H3;1H/q+1;/p-1. The number of halogens is 1. The Hall–Kier alpha value is -1.24. The molecule has 1 aromatic heterocycles. The van der Waals surface area contributed by atoms with Crippen molar-refractivity contribution in [3.63, 3.8) is 0 Å². The highest BCUT2D eigenvalue weighted by Crippen LogP contribution is 2.24. The van der Waals surface area contributed by atoms with Crippen LogP contribution in [0.1, 0.15) is 18.4 Å². The van der Waals surface area contributed by atoms with Gasteiger partial charge >= 0.3 is 0 Å². The zero-order chi connectivity index (χ0) is 12.3. The lowest BCUT2D eigenvalue weighted by atomic mass is 10.3. The zero-order valence-corrected chi connectivity index (χ0v) is 12.1. The highest BCUT2D eigenvalue weighted by atomic mass is 35.5. The maximum Gasteiger partial charge on any atom is 0.235 e. The number of nitrogens with zero attached hydrogens (tertiary/aromatic N) is 1. The molecule has 4 heteroatoms. The number of ether oxygens (including phenoxy) is 1. The van der Waals surface area contributed by atoms with Gasteiger partial charge in [0.05, 0.1) is 6.07 Å². The molecule has 1 heterocycles. The van der Waals surface area contributed by atoms with Gasteiger partial charge in [0, 0.05) is 13.3 Å². The third-order valence-corrected chi connectivity index (χ3v) is 3.71. The fraction of sp³-hybridized carbons (Fsp3) is 0.357. The Kier molecular flexibility index (Phi) is 5.46. The molecule has 0 amide bonds. The summed E-state index contributed by atoms with van der Waals surface area (Å²) in [6, 6.07) is 6.16. The molecule has 2 nitrogen and oxygen atoms in total. The second-order valence-corrected chi connectivity index (χ2v) is 5.13. The van der Waals surface area contributed by atoms with Gasteiger partial charge in [-0.25, -0.2) is 0 Å². The molecule has 0 aliphatic rings. The molecule has 2 aromatic rings. The van der Waals surface area contributed by atoms with Crippen molar-refractivity contribution in [2.24, 2.45) is 0 Å². The first-order valence-electron chi connectivity index (χ1n) is 5.75. The van der Waals surface area contributed by atoms with Crippen molar-refractivity contribution in [2.45, 2.75) is 26.8 Å². The fourth-order valence-electron chi connectivity index (χ4n) is 1.89. The third kappa shape index (κ3) is 2.95. The molecular formula is C14H16ClNOS. The number of thiazole rings is 1. The molecule has 0 bridgehead atoms. The summed E-state index contributed by atoms with van der Waals surface area (Å²) < 4.78 is 9.09. The van der Waals surface area contributed by atoms with E-state index in [0.29, 0.717) is 6.61 Å². The number of aryl methyl sites for hydroxylation is 2. The van der Waals surface area contributed by atoms with Gasteiger partial charge in [0.2, 0.25) is 10.5 Å². The molecule has 0 fully saturated rings. The molecule has 0 saturated heterocycles. The maximum absolute atomic E-state index is 5.46. The lowest BCUT2D eigenvalue weighted by Crippen LogP contribution is -3.00. The van der Waals surface area contributed by atoms with Crippen LogP contribution >= 0.6 is 11.3 Å². The van der Waals surface area contributed by atoms with Gasteiger partial charge in [0.25, 0.3) is 0 Å². The van der Waals surface area contributed by atoms with E-state index in [1.807, 2.05) is 17.4 Å². The van der Waals surface area contributed by atoms with Crippen molar-refractivity contribution < 1.29 is 21.7 Å². The summed E-state index contributed by atoms with van der Waals surface area (Å²) in [6.45, 7) is 5.71. The van der Waals surface area contributed by atoms with Crippen LogP contribution < -0.4 is 21.7 Å². The van der Waals surface area contributed by atoms with Crippen LogP contribution in [0.2, 0.25) is 0 Å². The minimum Gasteiger partial charge on any atom is -1.00 e. The molecule has 0 radical (unpaired) electrons. The van der Waals surface area contributed by atoms with Crippen molar-refractivity contribution in [2.75, 3.05) is 6.61 Å². The van der Waals surface area contributed by atoms with E-state index in [-0.39, 0.29) is 12.4 Å². The highest BCUT2D eigenvalue weighted by Gasteiger charge is 2.16. The normalized spacial score (nSPS) is 9.83. The summed E-state index contributed by atoms with van der Waals surface area (Å²) in [5, 5.41) is 1.33. The fourth-order valence-corrected chi connectivity index (χ4v) is 2.92. The maximum atomic E-state index is 5.46. The van der Waals surface area contributed by atoms with E-state index in [9.17, 15) is 0 Å². The number of hydrogen-bond donors (Lipinski definition) is 0. The van der Waals surface area contributed by atoms with E-state index in [4.69, 9.17) is 11.2 Å². The predicted octanol–water partition coefficient (Wildman–Crippen LogP) is -0.0768. The van der Waals surface area contributed by atoms with Crippen LogP contribution in [0.15, 0.2) is 18.2 Å². The molecule has 18 heavy (non-hydrogen) atoms. The Bertz CT molecular complexity index is 571. The molecule has 0 spiro atoms. The summed E-state index contributed by atoms with van der Waals surface area (Å²) in [6.07, 6.45) is 6.32. The van der Waals surface area contributed by atoms with Gasteiger partial charge in [-0.3, -0.25) is 0 Å². The minimum absolute atomic E-state index is 0. The first-order chi connectivity index (χ1) is 8.26. The zero-order valence-electron chi connectivity index (χ0n) is 10.6. The Morgan fingerprint density at radius 3 is 2.89 bits per heavy atom. The molecule has 1 aromatic carbocycles. The van der Waals surface area contributed by atoms with Gasteiger partial charge < -0.3 is 17.1 Å². The van der Waals surface area contributed by atoms with Crippen molar-refractivity contribution in [1.29, 1.82) is 0 Å². The number of fused-ring (bicyclic) bond motifs is 1. The SMILES string of the molecule is C#CCOc1ccc2sc(C)[n+](CCC)c2c1.[Cl-]. The van der Waals surface area contributed by atoms with Gasteiger partial charge in [0.15, 0.2) is 0 Å². The molecule has 0 unspecified atom stereocenters. The monoisotopic (exact) mass is 281 g/mol. The molecule has 0 N–H and O–H groups in total. The van der Waals surface area contributed by atoms with Crippen LogP contribution in [0.4, 0.5) is 0 Å². The Balaban J connectivity index is 0.00000162. The number of rotatable bonds is 4. The lowest BCUT2D eigenvalue weighted by molar-refractivity contribution is -0.672. The number of terminal acetylenes is 1. The van der Waals surface area contributed by atoms with Gasteiger partial charge in [-0.15, -0.1) is 6.42 Å². The van der Waals surface area contributed by atoms with Crippen LogP contribution in [-0.2, 0) is 6.54 Å². The number of aromatic nitrogens is 1. The van der Waals surface area contributed by atoms with Gasteiger partial charge in [-0.05, 0) is 12.1 Å². The summed E-state index contributed by atoms with van der Waals surface area (Å²) in [4.78, 5) is 0. The van der Waals surface area contributed by atoms with Gasteiger partial charge in [-0.2, -0.15) is 4.57 Å². The molecule has 0 atom stereocenters. The largest absolute Gasteiger partial charge is 1.00 e. The third-order valence-electron chi connectivity index (χ3n) is 2.63. The van der Waals surface area contributed by atoms with E-state index in [0.717, 1.165) is 18.7 Å². The van der Waals surface area contributed by atoms with Crippen LogP contribution in [0.25, 0.3) is 10.2 Å². The van der Waals surface area contributed by atoms with E-state index >= 15 is 0 Å². The lowest BCUT2D eigenvalue weighted by Gasteiger charge is -2.00. The van der Waals surface area contributed by atoms with Crippen molar-refractivity contribution in [3.05, 3.63) is 23.2 Å². The van der Waals surface area contributed by atoms with Crippen molar-refractivity contribution in [3.8, 4) is 18.1 Å². The molecule has 0 saturated carbocycles. The topological polar surface area (TPSA) is 13.1 Å². The Labute approximate surface area is 118 Å². The second kappa shape index (κ2) is 6.63. The van der Waals surface area contributed by atoms with E-state index in [2.05, 4.69) is 36.5 Å². The molecule has 2 rings (SSSR count). The average Bonchev–Trinajstić information content (AvgIpc) is 2.64. The van der Waals surface area contributed by atoms with Gasteiger partial charge in [-0.1, -0.05) is 24.2 Å². The first-order valence-corrected chi connectivity index (χ1v) is 6.57. The van der Waals surface area contributed by atoms with Gasteiger partial charge in [0.1, 0.15) is 23.6 Å². The Morgan fingerprint density at radius 2 is 2.22 bits per heavy atom. The number of benzene rings is 1. The molecule has 96 valence electrons. The smallest absolute Gasteiger partial charge is 0.235 e. The van der Waals surface area contributed by atoms with E-state index < -0.39 is 0 Å². The molecular weight excluding hydrogens is 266 g/mol. The quantitative estimate of drug-likeness (QED) is 0.565. The minimum atomic E-state index is 0. The van der Waals surface area contributed by atoms with E-state index in [1.165, 1.54) is 15.2 Å². The van der Waals surface area contributed by atoms with E-state index in [1.54, 1.807) is 0 Å².